The highest BCUT2D eigenvalue weighted by Crippen LogP contribution is 2.28. The first kappa shape index (κ1) is 21.7. The number of nitrogens with zero attached hydrogens (tertiary/aromatic N) is 1. The van der Waals surface area contributed by atoms with Gasteiger partial charge in [0.25, 0.3) is 5.91 Å². The van der Waals surface area contributed by atoms with Gasteiger partial charge in [-0.05, 0) is 56.2 Å². The van der Waals surface area contributed by atoms with E-state index < -0.39 is 0 Å². The number of amides is 1. The van der Waals surface area contributed by atoms with Crippen LogP contribution in [0.5, 0.6) is 23.0 Å². The molecule has 1 saturated heterocycles. The van der Waals surface area contributed by atoms with Crippen LogP contribution < -0.4 is 19.6 Å². The third kappa shape index (κ3) is 4.40. The van der Waals surface area contributed by atoms with Gasteiger partial charge in [-0.3, -0.25) is 9.59 Å². The lowest BCUT2D eigenvalue weighted by Gasteiger charge is -2.22. The van der Waals surface area contributed by atoms with E-state index in [0.717, 1.165) is 12.8 Å². The van der Waals surface area contributed by atoms with Gasteiger partial charge in [0.2, 0.25) is 11.2 Å². The van der Waals surface area contributed by atoms with Crippen LogP contribution in [0.1, 0.15) is 18.6 Å². The van der Waals surface area contributed by atoms with Gasteiger partial charge in [-0.1, -0.05) is 0 Å². The number of aliphatic hydroxyl groups is 1. The number of aliphatic hydroxyl groups excluding tert-OH is 1. The van der Waals surface area contributed by atoms with E-state index in [1.165, 1.54) is 0 Å². The number of benzene rings is 2. The Labute approximate surface area is 184 Å². The molecular formula is C24H25NO7. The summed E-state index contributed by atoms with van der Waals surface area (Å²) in [5.41, 5.74) is 0.0407. The Bertz CT molecular complexity index is 1170. The van der Waals surface area contributed by atoms with Crippen LogP contribution >= 0.6 is 0 Å². The van der Waals surface area contributed by atoms with Gasteiger partial charge in [0.15, 0.2) is 6.61 Å². The second-order valence-electron chi connectivity index (χ2n) is 7.61. The van der Waals surface area contributed by atoms with Crippen molar-refractivity contribution in [2.75, 3.05) is 26.9 Å². The van der Waals surface area contributed by atoms with Crippen molar-refractivity contribution in [2.45, 2.75) is 25.8 Å². The van der Waals surface area contributed by atoms with Gasteiger partial charge in [0.1, 0.15) is 28.6 Å². The first-order chi connectivity index (χ1) is 15.5. The molecule has 4 rings (SSSR count). The van der Waals surface area contributed by atoms with Crippen LogP contribution in [0.4, 0.5) is 0 Å². The summed E-state index contributed by atoms with van der Waals surface area (Å²) in [5.74, 6) is 1.84. The predicted molar refractivity (Wildman–Crippen MR) is 118 cm³/mol. The van der Waals surface area contributed by atoms with Crippen molar-refractivity contribution in [1.82, 2.24) is 4.90 Å². The van der Waals surface area contributed by atoms with Gasteiger partial charge in [-0.15, -0.1) is 0 Å². The summed E-state index contributed by atoms with van der Waals surface area (Å²) in [6, 6.07) is 11.5. The minimum absolute atomic E-state index is 0.0485. The van der Waals surface area contributed by atoms with Crippen LogP contribution in [-0.2, 0) is 4.79 Å². The molecule has 1 unspecified atom stereocenters. The molecule has 0 aliphatic carbocycles. The molecule has 2 aromatic carbocycles. The van der Waals surface area contributed by atoms with E-state index >= 15 is 0 Å². The molecule has 1 fully saturated rings. The molecule has 1 aliphatic heterocycles. The van der Waals surface area contributed by atoms with Crippen LogP contribution in [0.25, 0.3) is 11.0 Å². The number of hydrogen-bond donors (Lipinski definition) is 1. The molecule has 0 bridgehead atoms. The normalized spacial score (nSPS) is 15.7. The molecule has 1 aromatic heterocycles. The topological polar surface area (TPSA) is 98.4 Å². The van der Waals surface area contributed by atoms with E-state index in [9.17, 15) is 14.7 Å². The number of carbonyl (C=O) groups excluding carboxylic acids is 1. The van der Waals surface area contributed by atoms with Gasteiger partial charge < -0.3 is 28.6 Å². The Morgan fingerprint density at radius 1 is 1.16 bits per heavy atom. The zero-order valence-corrected chi connectivity index (χ0v) is 18.0. The third-order valence-corrected chi connectivity index (χ3v) is 5.54. The number of aryl methyl sites for hydroxylation is 1. The Kier molecular flexibility index (Phi) is 6.32. The lowest BCUT2D eigenvalue weighted by molar-refractivity contribution is -0.134. The SMILES string of the molecule is COc1ccc(Oc2c(C)oc3cc(OCC(=O)N4CCCC4CO)ccc3c2=O)cc1. The van der Waals surface area contributed by atoms with Crippen molar-refractivity contribution in [3.8, 4) is 23.0 Å². The molecule has 0 spiro atoms. The highest BCUT2D eigenvalue weighted by molar-refractivity contribution is 5.81. The molecule has 8 nitrogen and oxygen atoms in total. The largest absolute Gasteiger partial charge is 0.497 e. The maximum absolute atomic E-state index is 13.0. The number of hydrogen-bond acceptors (Lipinski definition) is 7. The summed E-state index contributed by atoms with van der Waals surface area (Å²) in [4.78, 5) is 27.0. The predicted octanol–water partition coefficient (Wildman–Crippen LogP) is 3.26. The van der Waals surface area contributed by atoms with E-state index in [1.807, 2.05) is 0 Å². The van der Waals surface area contributed by atoms with E-state index in [-0.39, 0.29) is 36.3 Å². The van der Waals surface area contributed by atoms with E-state index in [0.29, 0.717) is 40.5 Å². The standard InChI is InChI=1S/C24H25NO7/c1-15-24(32-18-7-5-17(29-2)6-8-18)23(28)20-10-9-19(12-21(20)31-15)30-14-22(27)25-11-3-4-16(25)13-26/h5-10,12,16,26H,3-4,11,13-14H2,1-2H3. The molecule has 1 N–H and O–H groups in total. The smallest absolute Gasteiger partial charge is 0.260 e. The first-order valence-electron chi connectivity index (χ1n) is 10.4. The van der Waals surface area contributed by atoms with Crippen molar-refractivity contribution in [3.05, 3.63) is 58.4 Å². The highest BCUT2D eigenvalue weighted by Gasteiger charge is 2.28. The third-order valence-electron chi connectivity index (χ3n) is 5.54. The fraction of sp³-hybridized carbons (Fsp3) is 0.333. The van der Waals surface area contributed by atoms with Gasteiger partial charge in [-0.25, -0.2) is 0 Å². The summed E-state index contributed by atoms with van der Waals surface area (Å²) in [7, 11) is 1.57. The van der Waals surface area contributed by atoms with Crippen LogP contribution in [0, 0.1) is 6.92 Å². The van der Waals surface area contributed by atoms with Crippen molar-refractivity contribution in [2.24, 2.45) is 0 Å². The lowest BCUT2D eigenvalue weighted by atomic mass is 10.2. The Balaban J connectivity index is 1.51. The molecular weight excluding hydrogens is 414 g/mol. The van der Waals surface area contributed by atoms with Gasteiger partial charge in [0, 0.05) is 12.6 Å². The maximum Gasteiger partial charge on any atom is 0.260 e. The summed E-state index contributed by atoms with van der Waals surface area (Å²) in [5, 5.41) is 9.73. The monoisotopic (exact) mass is 439 g/mol. The molecule has 2 heterocycles. The quantitative estimate of drug-likeness (QED) is 0.603. The van der Waals surface area contributed by atoms with Crippen molar-refractivity contribution in [3.63, 3.8) is 0 Å². The minimum Gasteiger partial charge on any atom is -0.497 e. The number of likely N-dealkylation sites (tertiary alicyclic amines) is 1. The van der Waals surface area contributed by atoms with E-state index in [1.54, 1.807) is 61.4 Å². The van der Waals surface area contributed by atoms with Gasteiger partial charge in [-0.2, -0.15) is 0 Å². The van der Waals surface area contributed by atoms with Crippen LogP contribution in [0.15, 0.2) is 51.7 Å². The average molecular weight is 439 g/mol. The summed E-state index contributed by atoms with van der Waals surface area (Å²) < 4.78 is 22.3. The zero-order valence-electron chi connectivity index (χ0n) is 18.0. The molecule has 1 aliphatic rings. The number of methoxy groups -OCH3 is 1. The second kappa shape index (κ2) is 9.32. The lowest BCUT2D eigenvalue weighted by Crippen LogP contribution is -2.40. The molecule has 0 radical (unpaired) electrons. The second-order valence-corrected chi connectivity index (χ2v) is 7.61. The maximum atomic E-state index is 13.0. The summed E-state index contributed by atoms with van der Waals surface area (Å²) in [6.07, 6.45) is 1.67. The van der Waals surface area contributed by atoms with Crippen molar-refractivity contribution in [1.29, 1.82) is 0 Å². The number of ether oxygens (including phenoxy) is 3. The number of rotatable bonds is 7. The average Bonchev–Trinajstić information content (AvgIpc) is 3.29. The minimum atomic E-state index is -0.301. The zero-order chi connectivity index (χ0) is 22.7. The molecule has 1 atom stereocenters. The van der Waals surface area contributed by atoms with Crippen LogP contribution in [0.2, 0.25) is 0 Å². The highest BCUT2D eigenvalue weighted by atomic mass is 16.5. The van der Waals surface area contributed by atoms with Crippen LogP contribution in [-0.4, -0.2) is 48.8 Å². The van der Waals surface area contributed by atoms with Gasteiger partial charge in [0.05, 0.1) is 25.1 Å². The molecule has 8 heteroatoms. The van der Waals surface area contributed by atoms with Gasteiger partial charge >= 0.3 is 0 Å². The Morgan fingerprint density at radius 3 is 2.59 bits per heavy atom. The summed E-state index contributed by atoms with van der Waals surface area (Å²) in [6.45, 7) is 2.08. The molecule has 32 heavy (non-hydrogen) atoms. The van der Waals surface area contributed by atoms with Crippen molar-refractivity contribution < 1.29 is 28.5 Å². The molecule has 3 aromatic rings. The van der Waals surface area contributed by atoms with Crippen LogP contribution in [0.3, 0.4) is 0 Å². The fourth-order valence-corrected chi connectivity index (χ4v) is 3.82. The Hall–Kier alpha value is -3.52. The number of carbonyl (C=O) groups is 1. The van der Waals surface area contributed by atoms with Crippen molar-refractivity contribution >= 4 is 16.9 Å². The fourth-order valence-electron chi connectivity index (χ4n) is 3.82. The summed E-state index contributed by atoms with van der Waals surface area (Å²) >= 11 is 0. The molecule has 1 amide bonds. The first-order valence-corrected chi connectivity index (χ1v) is 10.4. The van der Waals surface area contributed by atoms with E-state index in [4.69, 9.17) is 18.6 Å². The molecule has 168 valence electrons. The Morgan fingerprint density at radius 2 is 1.88 bits per heavy atom. The van der Waals surface area contributed by atoms with E-state index in [2.05, 4.69) is 0 Å². The molecule has 0 saturated carbocycles. The number of fused-ring (bicyclic) bond motifs is 1.